The second-order valence-corrected chi connectivity index (χ2v) is 3.83. The number of nitrogens with one attached hydrogen (secondary N) is 2. The number of rotatable bonds is 3. The minimum Gasteiger partial charge on any atom is -0.453 e. The van der Waals surface area contributed by atoms with Gasteiger partial charge in [-0.2, -0.15) is 0 Å². The fourth-order valence-corrected chi connectivity index (χ4v) is 1.51. The van der Waals surface area contributed by atoms with Gasteiger partial charge in [0.1, 0.15) is 5.82 Å². The molecule has 0 fully saturated rings. The van der Waals surface area contributed by atoms with E-state index in [0.717, 1.165) is 11.4 Å². The Kier molecular flexibility index (Phi) is 3.97. The summed E-state index contributed by atoms with van der Waals surface area (Å²) in [5.74, 6) is -0.275. The van der Waals surface area contributed by atoms with Gasteiger partial charge in [0.25, 0.3) is 0 Å². The van der Waals surface area contributed by atoms with Crippen LogP contribution in [-0.2, 0) is 4.74 Å². The molecule has 4 nitrogen and oxygen atoms in total. The van der Waals surface area contributed by atoms with Crippen molar-refractivity contribution in [3.8, 4) is 0 Å². The molecule has 2 rings (SSSR count). The quantitative estimate of drug-likeness (QED) is 0.883. The number of methoxy groups -OCH3 is 1. The van der Waals surface area contributed by atoms with Crippen LogP contribution in [0, 0.1) is 5.82 Å². The van der Waals surface area contributed by atoms with E-state index in [1.54, 1.807) is 36.4 Å². The first-order valence-corrected chi connectivity index (χ1v) is 5.65. The largest absolute Gasteiger partial charge is 0.453 e. The zero-order valence-electron chi connectivity index (χ0n) is 10.3. The molecule has 0 saturated carbocycles. The van der Waals surface area contributed by atoms with E-state index in [1.807, 2.05) is 0 Å². The Bertz CT molecular complexity index is 553. The van der Waals surface area contributed by atoms with E-state index in [0.29, 0.717) is 5.69 Å². The zero-order valence-corrected chi connectivity index (χ0v) is 10.3. The molecule has 0 aliphatic rings. The molecule has 0 aliphatic heterocycles. The Balaban J connectivity index is 2.02. The monoisotopic (exact) mass is 260 g/mol. The van der Waals surface area contributed by atoms with Gasteiger partial charge in [-0.3, -0.25) is 5.32 Å². The summed E-state index contributed by atoms with van der Waals surface area (Å²) in [6.07, 6.45) is -0.515. The summed E-state index contributed by atoms with van der Waals surface area (Å²) >= 11 is 0. The number of benzene rings is 2. The number of carbonyl (C=O) groups is 1. The van der Waals surface area contributed by atoms with Crippen LogP contribution in [0.2, 0.25) is 0 Å². The Labute approximate surface area is 110 Å². The smallest absolute Gasteiger partial charge is 0.411 e. The number of halogens is 1. The SMILES string of the molecule is COC(=O)Nc1ccc(Nc2ccc(F)cc2)cc1. The maximum Gasteiger partial charge on any atom is 0.411 e. The van der Waals surface area contributed by atoms with Crippen LogP contribution < -0.4 is 10.6 Å². The Morgan fingerprint density at radius 1 is 0.947 bits per heavy atom. The van der Waals surface area contributed by atoms with Crippen molar-refractivity contribution in [2.45, 2.75) is 0 Å². The molecule has 0 bridgehead atoms. The molecule has 0 aromatic heterocycles. The fraction of sp³-hybridized carbons (Fsp3) is 0.0714. The lowest BCUT2D eigenvalue weighted by Crippen LogP contribution is -2.10. The molecule has 0 aliphatic carbocycles. The lowest BCUT2D eigenvalue weighted by Gasteiger charge is -2.08. The molecule has 0 unspecified atom stereocenters. The van der Waals surface area contributed by atoms with E-state index < -0.39 is 6.09 Å². The Morgan fingerprint density at radius 2 is 1.42 bits per heavy atom. The summed E-state index contributed by atoms with van der Waals surface area (Å²) < 4.78 is 17.2. The third-order valence-corrected chi connectivity index (χ3v) is 2.45. The third kappa shape index (κ3) is 3.70. The van der Waals surface area contributed by atoms with Gasteiger partial charge >= 0.3 is 6.09 Å². The second-order valence-electron chi connectivity index (χ2n) is 3.83. The molecule has 98 valence electrons. The van der Waals surface area contributed by atoms with Gasteiger partial charge in [0.2, 0.25) is 0 Å². The fourth-order valence-electron chi connectivity index (χ4n) is 1.51. The molecule has 1 amide bonds. The van der Waals surface area contributed by atoms with Crippen molar-refractivity contribution in [1.82, 2.24) is 0 Å². The normalized spacial score (nSPS) is 9.79. The highest BCUT2D eigenvalue weighted by molar-refractivity contribution is 5.84. The first kappa shape index (κ1) is 12.9. The van der Waals surface area contributed by atoms with Crippen LogP contribution in [0.3, 0.4) is 0 Å². The predicted molar refractivity (Wildman–Crippen MR) is 72.2 cm³/mol. The second kappa shape index (κ2) is 5.86. The van der Waals surface area contributed by atoms with Crippen LogP contribution >= 0.6 is 0 Å². The van der Waals surface area contributed by atoms with Gasteiger partial charge in [-0.15, -0.1) is 0 Å². The van der Waals surface area contributed by atoms with E-state index >= 15 is 0 Å². The van der Waals surface area contributed by atoms with Gasteiger partial charge in [-0.1, -0.05) is 0 Å². The summed E-state index contributed by atoms with van der Waals surface area (Å²) in [7, 11) is 1.31. The van der Waals surface area contributed by atoms with Gasteiger partial charge in [0.05, 0.1) is 7.11 Å². The lowest BCUT2D eigenvalue weighted by molar-refractivity contribution is 0.187. The van der Waals surface area contributed by atoms with Crippen LogP contribution in [0.4, 0.5) is 26.2 Å². The van der Waals surface area contributed by atoms with Crippen molar-refractivity contribution in [3.05, 3.63) is 54.3 Å². The number of ether oxygens (including phenoxy) is 1. The number of hydrogen-bond donors (Lipinski definition) is 2. The molecule has 19 heavy (non-hydrogen) atoms. The summed E-state index contributed by atoms with van der Waals surface area (Å²) in [6, 6.07) is 13.1. The first-order valence-electron chi connectivity index (χ1n) is 5.65. The highest BCUT2D eigenvalue weighted by atomic mass is 19.1. The number of amides is 1. The van der Waals surface area contributed by atoms with Crippen molar-refractivity contribution in [3.63, 3.8) is 0 Å². The standard InChI is InChI=1S/C14H13FN2O2/c1-19-14(18)17-13-8-6-12(7-9-13)16-11-4-2-10(15)3-5-11/h2-9,16H,1H3,(H,17,18). The molecule has 0 radical (unpaired) electrons. The predicted octanol–water partition coefficient (Wildman–Crippen LogP) is 3.75. The molecule has 2 N–H and O–H groups in total. The molecule has 5 heteroatoms. The van der Waals surface area contributed by atoms with Gasteiger partial charge in [0, 0.05) is 17.1 Å². The van der Waals surface area contributed by atoms with Crippen molar-refractivity contribution >= 4 is 23.2 Å². The summed E-state index contributed by atoms with van der Waals surface area (Å²) in [6.45, 7) is 0. The van der Waals surface area contributed by atoms with Crippen LogP contribution in [0.15, 0.2) is 48.5 Å². The first-order chi connectivity index (χ1) is 9.17. The summed E-state index contributed by atoms with van der Waals surface area (Å²) in [5.41, 5.74) is 2.26. The average molecular weight is 260 g/mol. The summed E-state index contributed by atoms with van der Waals surface area (Å²) in [5, 5.41) is 5.67. The van der Waals surface area contributed by atoms with Gasteiger partial charge in [-0.05, 0) is 48.5 Å². The molecular formula is C14H13FN2O2. The average Bonchev–Trinajstić information content (AvgIpc) is 2.43. The maximum atomic E-state index is 12.8. The van der Waals surface area contributed by atoms with Crippen LogP contribution in [0.25, 0.3) is 0 Å². The lowest BCUT2D eigenvalue weighted by atomic mass is 10.2. The van der Waals surface area contributed by atoms with E-state index in [9.17, 15) is 9.18 Å². The zero-order chi connectivity index (χ0) is 13.7. The molecule has 0 heterocycles. The highest BCUT2D eigenvalue weighted by Gasteiger charge is 2.00. The van der Waals surface area contributed by atoms with Crippen molar-refractivity contribution in [2.24, 2.45) is 0 Å². The molecule has 0 atom stereocenters. The molecule has 2 aromatic carbocycles. The maximum absolute atomic E-state index is 12.8. The highest BCUT2D eigenvalue weighted by Crippen LogP contribution is 2.19. The van der Waals surface area contributed by atoms with E-state index in [4.69, 9.17) is 0 Å². The van der Waals surface area contributed by atoms with Gasteiger partial charge in [0.15, 0.2) is 0 Å². The number of anilines is 3. The third-order valence-electron chi connectivity index (χ3n) is 2.45. The van der Waals surface area contributed by atoms with E-state index in [2.05, 4.69) is 15.4 Å². The topological polar surface area (TPSA) is 50.4 Å². The van der Waals surface area contributed by atoms with Crippen LogP contribution in [-0.4, -0.2) is 13.2 Å². The molecular weight excluding hydrogens is 247 g/mol. The number of hydrogen-bond acceptors (Lipinski definition) is 3. The van der Waals surface area contributed by atoms with Crippen LogP contribution in [0.5, 0.6) is 0 Å². The van der Waals surface area contributed by atoms with Gasteiger partial charge < -0.3 is 10.1 Å². The van der Waals surface area contributed by atoms with Crippen molar-refractivity contribution in [2.75, 3.05) is 17.7 Å². The molecule has 0 spiro atoms. The van der Waals surface area contributed by atoms with Crippen LogP contribution in [0.1, 0.15) is 0 Å². The molecule has 0 saturated heterocycles. The summed E-state index contributed by atoms with van der Waals surface area (Å²) in [4.78, 5) is 11.0. The van der Waals surface area contributed by atoms with Gasteiger partial charge in [-0.25, -0.2) is 9.18 Å². The number of carbonyl (C=O) groups excluding carboxylic acids is 1. The van der Waals surface area contributed by atoms with Crippen molar-refractivity contribution < 1.29 is 13.9 Å². The van der Waals surface area contributed by atoms with Crippen molar-refractivity contribution in [1.29, 1.82) is 0 Å². The minimum atomic E-state index is -0.515. The molecule has 2 aromatic rings. The Hall–Kier alpha value is -2.56. The Morgan fingerprint density at radius 3 is 1.95 bits per heavy atom. The minimum absolute atomic E-state index is 0.275. The van der Waals surface area contributed by atoms with E-state index in [1.165, 1.54) is 19.2 Å². The van der Waals surface area contributed by atoms with E-state index in [-0.39, 0.29) is 5.82 Å².